The summed E-state index contributed by atoms with van der Waals surface area (Å²) in [7, 11) is 0. The van der Waals surface area contributed by atoms with Gasteiger partial charge in [0, 0.05) is 16.7 Å². The molecule has 3 atom stereocenters. The number of benzene rings is 2. The maximum Gasteiger partial charge on any atom is 0.307 e. The summed E-state index contributed by atoms with van der Waals surface area (Å²) in [4.78, 5) is 40.7. The van der Waals surface area contributed by atoms with E-state index in [2.05, 4.69) is 21.6 Å². The number of H-pyrrole nitrogens is 1. The first-order chi connectivity index (χ1) is 19.3. The van der Waals surface area contributed by atoms with Crippen molar-refractivity contribution in [1.29, 1.82) is 5.26 Å². The van der Waals surface area contributed by atoms with Crippen LogP contribution in [0.25, 0.3) is 0 Å². The average Bonchev–Trinajstić information content (AvgIpc) is 3.39. The van der Waals surface area contributed by atoms with Crippen molar-refractivity contribution in [2.24, 2.45) is 5.41 Å². The standard InChI is InChI=1S/C30H31ClFN5O4/c1-16-13-24(28(39)36-35-16)41-23-11-9-21(26(32)17(23)2)27(38)34-18(3)29(40)37-22(19-7-6-8-20(31)14-19)10-12-25(37)30(4,5)15-33/h6-9,11,13-14,18,22,25H,10,12H2,1-5H3,(H,34,38)(H,36,39)/t18?,22-,25+/m0/s1. The van der Waals surface area contributed by atoms with Crippen molar-refractivity contribution < 1.29 is 18.7 Å². The van der Waals surface area contributed by atoms with Gasteiger partial charge in [0.1, 0.15) is 17.6 Å². The molecule has 1 fully saturated rings. The highest BCUT2D eigenvalue weighted by Gasteiger charge is 2.46. The lowest BCUT2D eigenvalue weighted by Crippen LogP contribution is -2.52. The Morgan fingerprint density at radius 2 is 1.95 bits per heavy atom. The van der Waals surface area contributed by atoms with E-state index in [1.54, 1.807) is 43.9 Å². The van der Waals surface area contributed by atoms with Gasteiger partial charge in [-0.2, -0.15) is 10.4 Å². The van der Waals surface area contributed by atoms with Gasteiger partial charge in [0.15, 0.2) is 5.75 Å². The summed E-state index contributed by atoms with van der Waals surface area (Å²) in [6.07, 6.45) is 1.22. The van der Waals surface area contributed by atoms with Gasteiger partial charge in [0.2, 0.25) is 5.91 Å². The number of hydrogen-bond donors (Lipinski definition) is 2. The maximum absolute atomic E-state index is 15.3. The molecule has 2 amide bonds. The average molecular weight is 580 g/mol. The number of rotatable bonds is 7. The number of nitrogens with one attached hydrogen (secondary N) is 2. The topological polar surface area (TPSA) is 128 Å². The summed E-state index contributed by atoms with van der Waals surface area (Å²) in [5.74, 6) is -2.03. The second kappa shape index (κ2) is 11.7. The number of halogens is 2. The van der Waals surface area contributed by atoms with E-state index in [0.29, 0.717) is 23.6 Å². The predicted molar refractivity (Wildman–Crippen MR) is 151 cm³/mol. The summed E-state index contributed by atoms with van der Waals surface area (Å²) in [6, 6.07) is 11.8. The van der Waals surface area contributed by atoms with Crippen molar-refractivity contribution in [2.45, 2.75) is 65.6 Å². The van der Waals surface area contributed by atoms with E-state index in [4.69, 9.17) is 16.3 Å². The minimum absolute atomic E-state index is 0.0156. The number of carbonyl (C=O) groups excluding carboxylic acids is 2. The lowest BCUT2D eigenvalue weighted by Gasteiger charge is -2.38. The quantitative estimate of drug-likeness (QED) is 0.387. The summed E-state index contributed by atoms with van der Waals surface area (Å²) < 4.78 is 20.9. The molecular weight excluding hydrogens is 549 g/mol. The smallest absolute Gasteiger partial charge is 0.307 e. The van der Waals surface area contributed by atoms with Crippen LogP contribution in [0.15, 0.2) is 47.3 Å². The first-order valence-corrected chi connectivity index (χ1v) is 13.5. The Bertz CT molecular complexity index is 1600. The molecule has 1 aliphatic rings. The van der Waals surface area contributed by atoms with Crippen molar-refractivity contribution in [2.75, 3.05) is 0 Å². The van der Waals surface area contributed by atoms with Crippen LogP contribution in [0.1, 0.15) is 66.8 Å². The summed E-state index contributed by atoms with van der Waals surface area (Å²) in [5, 5.41) is 19.1. The van der Waals surface area contributed by atoms with Crippen LogP contribution in [0.2, 0.25) is 5.02 Å². The number of amides is 2. The van der Waals surface area contributed by atoms with E-state index in [9.17, 15) is 19.6 Å². The van der Waals surface area contributed by atoms with E-state index < -0.39 is 40.7 Å². The number of aryl methyl sites for hydroxylation is 1. The SMILES string of the molecule is Cc1cc(Oc2ccc(C(=O)NC(C)C(=O)N3[C@H](c4cccc(Cl)c4)CC[C@@H]3C(C)(C)C#N)c(F)c2C)c(=O)[nH]n1. The third kappa shape index (κ3) is 6.10. The zero-order valence-corrected chi connectivity index (χ0v) is 24.2. The first-order valence-electron chi connectivity index (χ1n) is 13.2. The fourth-order valence-corrected chi connectivity index (χ4v) is 5.33. The Morgan fingerprint density at radius 3 is 2.63 bits per heavy atom. The highest BCUT2D eigenvalue weighted by Crippen LogP contribution is 2.43. The molecule has 0 bridgehead atoms. The number of nitriles is 1. The number of carbonyl (C=O) groups is 2. The Kier molecular flexibility index (Phi) is 8.50. The van der Waals surface area contributed by atoms with Crippen LogP contribution in [0.5, 0.6) is 11.5 Å². The Balaban J connectivity index is 1.57. The largest absolute Gasteiger partial charge is 0.451 e. The van der Waals surface area contributed by atoms with Crippen molar-refractivity contribution >= 4 is 23.4 Å². The van der Waals surface area contributed by atoms with Crippen LogP contribution in [-0.4, -0.2) is 39.0 Å². The number of hydrogen-bond acceptors (Lipinski definition) is 6. The van der Waals surface area contributed by atoms with E-state index in [0.717, 1.165) is 5.56 Å². The summed E-state index contributed by atoms with van der Waals surface area (Å²) in [5.41, 5.74) is -0.358. The van der Waals surface area contributed by atoms with Gasteiger partial charge in [-0.1, -0.05) is 23.7 Å². The van der Waals surface area contributed by atoms with Crippen molar-refractivity contribution in [1.82, 2.24) is 20.4 Å². The number of ether oxygens (including phenoxy) is 1. The second-order valence-electron chi connectivity index (χ2n) is 10.8. The molecule has 1 aromatic heterocycles. The van der Waals surface area contributed by atoms with Gasteiger partial charge in [0.25, 0.3) is 5.91 Å². The number of aromatic amines is 1. The summed E-state index contributed by atoms with van der Waals surface area (Å²) >= 11 is 6.22. The van der Waals surface area contributed by atoms with Gasteiger partial charge >= 0.3 is 5.56 Å². The Morgan fingerprint density at radius 1 is 1.22 bits per heavy atom. The van der Waals surface area contributed by atoms with Crippen LogP contribution in [0.3, 0.4) is 0 Å². The van der Waals surface area contributed by atoms with Gasteiger partial charge in [-0.3, -0.25) is 14.4 Å². The van der Waals surface area contributed by atoms with Gasteiger partial charge in [-0.05, 0) is 77.3 Å². The molecule has 11 heteroatoms. The van der Waals surface area contributed by atoms with Crippen molar-refractivity contribution in [3.63, 3.8) is 0 Å². The fraction of sp³-hybridized carbons (Fsp3) is 0.367. The third-order valence-corrected chi connectivity index (χ3v) is 7.65. The molecule has 0 spiro atoms. The minimum Gasteiger partial charge on any atom is -0.451 e. The van der Waals surface area contributed by atoms with Crippen LogP contribution in [-0.2, 0) is 4.79 Å². The molecule has 0 saturated carbocycles. The maximum atomic E-state index is 15.3. The predicted octanol–water partition coefficient (Wildman–Crippen LogP) is 5.37. The van der Waals surface area contributed by atoms with E-state index in [1.165, 1.54) is 32.0 Å². The monoisotopic (exact) mass is 579 g/mol. The molecule has 2 N–H and O–H groups in total. The van der Waals surface area contributed by atoms with E-state index >= 15 is 4.39 Å². The molecule has 1 unspecified atom stereocenters. The van der Waals surface area contributed by atoms with E-state index in [-0.39, 0.29) is 28.7 Å². The molecule has 1 saturated heterocycles. The van der Waals surface area contributed by atoms with E-state index in [1.807, 2.05) is 6.07 Å². The van der Waals surface area contributed by atoms with Crippen LogP contribution in [0.4, 0.5) is 4.39 Å². The second-order valence-corrected chi connectivity index (χ2v) is 11.2. The minimum atomic E-state index is -1.02. The van der Waals surface area contributed by atoms with Crippen LogP contribution >= 0.6 is 11.6 Å². The molecule has 1 aliphatic heterocycles. The molecule has 2 heterocycles. The van der Waals surface area contributed by atoms with Crippen LogP contribution < -0.4 is 15.6 Å². The lowest BCUT2D eigenvalue weighted by molar-refractivity contribution is -0.137. The molecule has 0 aliphatic carbocycles. The van der Waals surface area contributed by atoms with Gasteiger partial charge in [-0.25, -0.2) is 9.49 Å². The molecule has 9 nitrogen and oxygen atoms in total. The Labute approximate surface area is 242 Å². The highest BCUT2D eigenvalue weighted by molar-refractivity contribution is 6.30. The number of aromatic nitrogens is 2. The Hall–Kier alpha value is -4.23. The molecule has 3 aromatic rings. The molecule has 0 radical (unpaired) electrons. The molecule has 4 rings (SSSR count). The zero-order chi connectivity index (χ0) is 30.1. The first kappa shape index (κ1) is 29.7. The van der Waals surface area contributed by atoms with Crippen molar-refractivity contribution in [3.8, 4) is 17.6 Å². The number of nitrogens with zero attached hydrogens (tertiary/aromatic N) is 3. The zero-order valence-electron chi connectivity index (χ0n) is 23.4. The van der Waals surface area contributed by atoms with Crippen molar-refractivity contribution in [3.05, 3.63) is 86.0 Å². The molecular formula is C30H31ClFN5O4. The molecule has 214 valence electrons. The lowest BCUT2D eigenvalue weighted by atomic mass is 9.84. The molecule has 41 heavy (non-hydrogen) atoms. The summed E-state index contributed by atoms with van der Waals surface area (Å²) in [6.45, 7) is 8.18. The van der Waals surface area contributed by atoms with Gasteiger partial charge in [0.05, 0.1) is 34.8 Å². The highest BCUT2D eigenvalue weighted by atomic mass is 35.5. The van der Waals surface area contributed by atoms with Gasteiger partial charge < -0.3 is 15.0 Å². The normalized spacial score (nSPS) is 17.6. The van der Waals surface area contributed by atoms with Gasteiger partial charge in [-0.15, -0.1) is 0 Å². The fourth-order valence-electron chi connectivity index (χ4n) is 5.13. The third-order valence-electron chi connectivity index (χ3n) is 7.41. The number of likely N-dealkylation sites (tertiary alicyclic amines) is 1. The molecule has 2 aromatic carbocycles. The van der Waals surface area contributed by atoms with Crippen LogP contribution in [0, 0.1) is 36.4 Å².